The van der Waals surface area contributed by atoms with Crippen LogP contribution in [0.15, 0.2) is 35.7 Å². The molecule has 2 N–H and O–H groups in total. The monoisotopic (exact) mass is 400 g/mol. The molecule has 2 amide bonds. The normalized spacial score (nSPS) is 15.9. The van der Waals surface area contributed by atoms with Gasteiger partial charge in [-0.25, -0.2) is 0 Å². The zero-order valence-electron chi connectivity index (χ0n) is 16.7. The minimum absolute atomic E-state index is 0.112. The number of rotatable bonds is 6. The summed E-state index contributed by atoms with van der Waals surface area (Å²) in [6.07, 6.45) is 0.208. The lowest BCUT2D eigenvalue weighted by Gasteiger charge is -2.35. The van der Waals surface area contributed by atoms with E-state index in [1.54, 1.807) is 0 Å². The number of nitrogens with one attached hydrogen (secondary N) is 2. The molecule has 0 spiro atoms. The lowest BCUT2D eigenvalue weighted by atomic mass is 10.1. The Morgan fingerprint density at radius 3 is 2.54 bits per heavy atom. The minimum Gasteiger partial charge on any atom is -0.369 e. The number of hydrogen-bond donors (Lipinski definition) is 2. The van der Waals surface area contributed by atoms with Gasteiger partial charge in [0.15, 0.2) is 0 Å². The molecular weight excluding hydrogens is 372 g/mol. The number of benzene rings is 1. The summed E-state index contributed by atoms with van der Waals surface area (Å²) in [5.41, 5.74) is 3.16. The number of anilines is 2. The Morgan fingerprint density at radius 1 is 1.18 bits per heavy atom. The van der Waals surface area contributed by atoms with Crippen molar-refractivity contribution in [1.82, 2.24) is 10.2 Å². The van der Waals surface area contributed by atoms with Crippen LogP contribution < -0.4 is 15.5 Å². The number of thiophene rings is 1. The van der Waals surface area contributed by atoms with Gasteiger partial charge in [-0.2, -0.15) is 0 Å². The molecule has 0 aliphatic carbocycles. The van der Waals surface area contributed by atoms with Crippen molar-refractivity contribution >= 4 is 34.5 Å². The SMILES string of the molecule is CC(=O)NC(CC(=O)Nc1ccc(N2CCN(C)CC2)c(C)c1)c1cccs1. The van der Waals surface area contributed by atoms with Crippen molar-refractivity contribution in [1.29, 1.82) is 0 Å². The van der Waals surface area contributed by atoms with Gasteiger partial charge in [0.05, 0.1) is 12.5 Å². The molecule has 3 rings (SSSR count). The average Bonchev–Trinajstić information content (AvgIpc) is 3.16. The molecule has 1 aliphatic heterocycles. The summed E-state index contributed by atoms with van der Waals surface area (Å²) < 4.78 is 0. The van der Waals surface area contributed by atoms with Gasteiger partial charge in [-0.15, -0.1) is 11.3 Å². The minimum atomic E-state index is -0.303. The average molecular weight is 401 g/mol. The summed E-state index contributed by atoms with van der Waals surface area (Å²) in [7, 11) is 2.15. The van der Waals surface area contributed by atoms with Gasteiger partial charge in [-0.05, 0) is 49.2 Å². The molecule has 1 aromatic heterocycles. The van der Waals surface area contributed by atoms with Crippen LogP contribution in [0.4, 0.5) is 11.4 Å². The van der Waals surface area contributed by atoms with E-state index in [0.29, 0.717) is 0 Å². The van der Waals surface area contributed by atoms with Crippen LogP contribution >= 0.6 is 11.3 Å². The van der Waals surface area contributed by atoms with Gasteiger partial charge in [0.25, 0.3) is 0 Å². The van der Waals surface area contributed by atoms with Gasteiger partial charge in [-0.3, -0.25) is 9.59 Å². The topological polar surface area (TPSA) is 64.7 Å². The molecule has 7 heteroatoms. The number of hydrogen-bond acceptors (Lipinski definition) is 5. The lowest BCUT2D eigenvalue weighted by molar-refractivity contribution is -0.120. The van der Waals surface area contributed by atoms with Crippen molar-refractivity contribution in [3.63, 3.8) is 0 Å². The van der Waals surface area contributed by atoms with E-state index in [-0.39, 0.29) is 24.3 Å². The van der Waals surface area contributed by atoms with E-state index < -0.39 is 0 Å². The first-order valence-corrected chi connectivity index (χ1v) is 10.4. The van der Waals surface area contributed by atoms with Crippen LogP contribution in [0.1, 0.15) is 29.8 Å². The highest BCUT2D eigenvalue weighted by Gasteiger charge is 2.19. The van der Waals surface area contributed by atoms with E-state index in [1.165, 1.54) is 23.9 Å². The number of piperazine rings is 1. The van der Waals surface area contributed by atoms with Crippen LogP contribution in [-0.2, 0) is 9.59 Å². The quantitative estimate of drug-likeness (QED) is 0.782. The fourth-order valence-corrected chi connectivity index (χ4v) is 4.27. The molecule has 1 atom stereocenters. The first-order chi connectivity index (χ1) is 13.4. The molecule has 0 saturated carbocycles. The summed E-state index contributed by atoms with van der Waals surface area (Å²) in [5, 5.41) is 7.79. The molecule has 150 valence electrons. The second-order valence-electron chi connectivity index (χ2n) is 7.31. The predicted molar refractivity (Wildman–Crippen MR) is 115 cm³/mol. The first kappa shape index (κ1) is 20.4. The highest BCUT2D eigenvalue weighted by atomic mass is 32.1. The Kier molecular flexibility index (Phi) is 6.70. The van der Waals surface area contributed by atoms with Gasteiger partial charge in [0.2, 0.25) is 11.8 Å². The van der Waals surface area contributed by atoms with E-state index in [1.807, 2.05) is 29.6 Å². The second-order valence-corrected chi connectivity index (χ2v) is 8.29. The zero-order valence-corrected chi connectivity index (χ0v) is 17.5. The Labute approximate surface area is 170 Å². The third-order valence-electron chi connectivity index (χ3n) is 4.98. The number of likely N-dealkylation sites (N-methyl/N-ethyl adjacent to an activating group) is 1. The Hall–Kier alpha value is -2.38. The summed E-state index contributed by atoms with van der Waals surface area (Å²) in [6.45, 7) is 7.70. The highest BCUT2D eigenvalue weighted by molar-refractivity contribution is 7.10. The van der Waals surface area contributed by atoms with Crippen LogP contribution in [0.25, 0.3) is 0 Å². The van der Waals surface area contributed by atoms with E-state index in [2.05, 4.69) is 40.5 Å². The Morgan fingerprint density at radius 2 is 1.93 bits per heavy atom. The van der Waals surface area contributed by atoms with E-state index in [4.69, 9.17) is 0 Å². The van der Waals surface area contributed by atoms with E-state index in [0.717, 1.165) is 42.3 Å². The maximum atomic E-state index is 12.6. The highest BCUT2D eigenvalue weighted by Crippen LogP contribution is 2.26. The molecule has 0 radical (unpaired) electrons. The molecule has 1 saturated heterocycles. The third-order valence-corrected chi connectivity index (χ3v) is 5.96. The van der Waals surface area contributed by atoms with Crippen LogP contribution in [0, 0.1) is 6.92 Å². The standard InChI is InChI=1S/C21H28N4O2S/c1-15-13-17(6-7-19(15)25-10-8-24(3)9-11-25)23-21(27)14-18(22-16(2)26)20-5-4-12-28-20/h4-7,12-13,18H,8-11,14H2,1-3H3,(H,22,26)(H,23,27). The second kappa shape index (κ2) is 9.21. The van der Waals surface area contributed by atoms with E-state index in [9.17, 15) is 9.59 Å². The molecule has 2 aromatic rings. The number of carbonyl (C=O) groups is 2. The maximum absolute atomic E-state index is 12.6. The summed E-state index contributed by atoms with van der Waals surface area (Å²) in [5.74, 6) is -0.252. The van der Waals surface area contributed by atoms with Crippen molar-refractivity contribution in [2.24, 2.45) is 0 Å². The van der Waals surface area contributed by atoms with Crippen LogP contribution in [0.2, 0.25) is 0 Å². The van der Waals surface area contributed by atoms with Crippen LogP contribution in [-0.4, -0.2) is 49.9 Å². The predicted octanol–water partition coefficient (Wildman–Crippen LogP) is 3.01. The van der Waals surface area contributed by atoms with Gasteiger partial charge in [0, 0.05) is 49.4 Å². The molecule has 6 nitrogen and oxygen atoms in total. The van der Waals surface area contributed by atoms with Crippen LogP contribution in [0.5, 0.6) is 0 Å². The largest absolute Gasteiger partial charge is 0.369 e. The summed E-state index contributed by atoms with van der Waals surface area (Å²) in [4.78, 5) is 29.8. The molecule has 28 heavy (non-hydrogen) atoms. The van der Waals surface area contributed by atoms with E-state index >= 15 is 0 Å². The summed E-state index contributed by atoms with van der Waals surface area (Å²) >= 11 is 1.54. The zero-order chi connectivity index (χ0) is 20.1. The van der Waals surface area contributed by atoms with Gasteiger partial charge in [0.1, 0.15) is 0 Å². The number of carbonyl (C=O) groups excluding carboxylic acids is 2. The maximum Gasteiger partial charge on any atom is 0.226 e. The Balaban J connectivity index is 1.63. The molecule has 1 fully saturated rings. The molecule has 1 aliphatic rings. The number of nitrogens with zero attached hydrogens (tertiary/aromatic N) is 2. The van der Waals surface area contributed by atoms with Gasteiger partial charge >= 0.3 is 0 Å². The third kappa shape index (κ3) is 5.33. The molecule has 1 unspecified atom stereocenters. The van der Waals surface area contributed by atoms with Crippen LogP contribution in [0.3, 0.4) is 0 Å². The Bertz CT molecular complexity index is 814. The molecule has 1 aromatic carbocycles. The lowest BCUT2D eigenvalue weighted by Crippen LogP contribution is -2.44. The van der Waals surface area contributed by atoms with Crippen molar-refractivity contribution in [2.75, 3.05) is 43.4 Å². The van der Waals surface area contributed by atoms with Crippen molar-refractivity contribution in [3.05, 3.63) is 46.2 Å². The first-order valence-electron chi connectivity index (χ1n) is 9.57. The fraction of sp³-hybridized carbons (Fsp3) is 0.429. The van der Waals surface area contributed by atoms with Gasteiger partial charge in [-0.1, -0.05) is 6.07 Å². The number of amides is 2. The summed E-state index contributed by atoms with van der Waals surface area (Å²) in [6, 6.07) is 9.62. The molecule has 0 bridgehead atoms. The molecule has 2 heterocycles. The smallest absolute Gasteiger partial charge is 0.226 e. The van der Waals surface area contributed by atoms with Crippen molar-refractivity contribution in [2.45, 2.75) is 26.3 Å². The van der Waals surface area contributed by atoms with Gasteiger partial charge < -0.3 is 20.4 Å². The van der Waals surface area contributed by atoms with Crippen molar-refractivity contribution < 1.29 is 9.59 Å². The fourth-order valence-electron chi connectivity index (χ4n) is 3.49. The molecular formula is C21H28N4O2S. The van der Waals surface area contributed by atoms with Crippen molar-refractivity contribution in [3.8, 4) is 0 Å². The number of aryl methyl sites for hydroxylation is 1.